The maximum Gasteiger partial charge on any atom is 0.358 e. The maximum absolute atomic E-state index is 12.8. The van der Waals surface area contributed by atoms with E-state index in [1.54, 1.807) is 43.5 Å². The standard InChI is InChI=1S/C27H26N4O6/c1-35-17-16-23(18-8-12-20(13-9-18)31(33)34)26-29-24(25(30(26)28)27(32)36-2)19-10-14-22(15-11-19)37-21-6-4-3-5-7-21/h3-15,23H,16-17,28H2,1-2H3. The second-order valence-corrected chi connectivity index (χ2v) is 8.15. The van der Waals surface area contributed by atoms with Crippen molar-refractivity contribution in [1.29, 1.82) is 0 Å². The Morgan fingerprint density at radius 1 is 1.00 bits per heavy atom. The number of non-ortho nitro benzene ring substituents is 1. The molecule has 0 saturated carbocycles. The molecule has 0 spiro atoms. The smallest absolute Gasteiger partial charge is 0.358 e. The molecule has 4 rings (SSSR count). The normalized spacial score (nSPS) is 11.6. The molecule has 3 aromatic carbocycles. The molecule has 190 valence electrons. The van der Waals surface area contributed by atoms with Crippen molar-refractivity contribution in [3.63, 3.8) is 0 Å². The van der Waals surface area contributed by atoms with E-state index in [2.05, 4.69) is 0 Å². The molecule has 0 aliphatic rings. The molecular formula is C27H26N4O6. The number of esters is 1. The lowest BCUT2D eigenvalue weighted by atomic mass is 9.95. The highest BCUT2D eigenvalue weighted by molar-refractivity contribution is 5.95. The van der Waals surface area contributed by atoms with Crippen LogP contribution >= 0.6 is 0 Å². The fourth-order valence-electron chi connectivity index (χ4n) is 4.00. The highest BCUT2D eigenvalue weighted by Gasteiger charge is 2.29. The van der Waals surface area contributed by atoms with E-state index in [0.29, 0.717) is 41.6 Å². The first-order chi connectivity index (χ1) is 17.9. The average Bonchev–Trinajstić information content (AvgIpc) is 3.26. The van der Waals surface area contributed by atoms with Crippen LogP contribution in [0.5, 0.6) is 11.5 Å². The zero-order chi connectivity index (χ0) is 26.4. The summed E-state index contributed by atoms with van der Waals surface area (Å²) in [4.78, 5) is 28.2. The maximum atomic E-state index is 12.8. The lowest BCUT2D eigenvalue weighted by Crippen LogP contribution is -2.23. The number of nitro benzene ring substituents is 1. The van der Waals surface area contributed by atoms with Crippen LogP contribution < -0.4 is 10.6 Å². The molecule has 1 unspecified atom stereocenters. The molecule has 0 aliphatic carbocycles. The summed E-state index contributed by atoms with van der Waals surface area (Å²) < 4.78 is 17.4. The van der Waals surface area contributed by atoms with Crippen molar-refractivity contribution in [1.82, 2.24) is 9.66 Å². The van der Waals surface area contributed by atoms with Crippen molar-refractivity contribution in [3.05, 3.63) is 106 Å². The molecule has 1 aromatic heterocycles. The Morgan fingerprint density at radius 2 is 1.65 bits per heavy atom. The van der Waals surface area contributed by atoms with Crippen LogP contribution in [-0.4, -0.2) is 41.4 Å². The fraction of sp³-hybridized carbons (Fsp3) is 0.185. The number of nitrogens with zero attached hydrogens (tertiary/aromatic N) is 3. The SMILES string of the molecule is COCCC(c1ccc([N+](=O)[O-])cc1)c1nc(-c2ccc(Oc3ccccc3)cc2)c(C(=O)OC)n1N. The van der Waals surface area contributed by atoms with E-state index in [-0.39, 0.29) is 11.4 Å². The van der Waals surface area contributed by atoms with Crippen molar-refractivity contribution in [2.75, 3.05) is 26.7 Å². The van der Waals surface area contributed by atoms with Gasteiger partial charge in [-0.25, -0.2) is 14.5 Å². The molecule has 4 aromatic rings. The second kappa shape index (κ2) is 11.4. The number of ether oxygens (including phenoxy) is 3. The number of benzene rings is 3. The molecule has 1 atom stereocenters. The van der Waals surface area contributed by atoms with E-state index in [4.69, 9.17) is 25.0 Å². The highest BCUT2D eigenvalue weighted by atomic mass is 16.6. The minimum Gasteiger partial charge on any atom is -0.464 e. The van der Waals surface area contributed by atoms with Gasteiger partial charge < -0.3 is 20.1 Å². The van der Waals surface area contributed by atoms with Crippen LogP contribution in [-0.2, 0) is 9.47 Å². The van der Waals surface area contributed by atoms with Gasteiger partial charge in [-0.05, 0) is 48.4 Å². The van der Waals surface area contributed by atoms with E-state index in [0.717, 1.165) is 5.56 Å². The van der Waals surface area contributed by atoms with Gasteiger partial charge in [0.1, 0.15) is 23.0 Å². The summed E-state index contributed by atoms with van der Waals surface area (Å²) in [7, 11) is 2.85. The van der Waals surface area contributed by atoms with Gasteiger partial charge in [-0.3, -0.25) is 10.1 Å². The number of nitrogens with two attached hydrogens (primary N) is 1. The summed E-state index contributed by atoms with van der Waals surface area (Å²) in [6, 6.07) is 22.6. The minimum atomic E-state index is -0.643. The first-order valence-corrected chi connectivity index (χ1v) is 11.5. The molecule has 0 amide bonds. The number of hydrogen-bond acceptors (Lipinski definition) is 8. The highest BCUT2D eigenvalue weighted by Crippen LogP contribution is 2.34. The van der Waals surface area contributed by atoms with Crippen molar-refractivity contribution < 1.29 is 23.9 Å². The van der Waals surface area contributed by atoms with Crippen molar-refractivity contribution in [2.45, 2.75) is 12.3 Å². The Balaban J connectivity index is 1.74. The van der Waals surface area contributed by atoms with Crippen molar-refractivity contribution in [3.8, 4) is 22.8 Å². The largest absolute Gasteiger partial charge is 0.464 e. The number of rotatable bonds is 10. The number of imidazole rings is 1. The quantitative estimate of drug-likeness (QED) is 0.140. The zero-order valence-corrected chi connectivity index (χ0v) is 20.4. The molecule has 1 heterocycles. The number of carbonyl (C=O) groups is 1. The number of carbonyl (C=O) groups excluding carboxylic acids is 1. The average molecular weight is 503 g/mol. The van der Waals surface area contributed by atoms with Gasteiger partial charge in [-0.1, -0.05) is 30.3 Å². The van der Waals surface area contributed by atoms with Gasteiger partial charge in [0.2, 0.25) is 0 Å². The summed E-state index contributed by atoms with van der Waals surface area (Å²) in [5.74, 6) is 7.08. The molecular weight excluding hydrogens is 476 g/mol. The van der Waals surface area contributed by atoms with Crippen LogP contribution in [0.4, 0.5) is 5.69 Å². The van der Waals surface area contributed by atoms with Crippen LogP contribution in [0.15, 0.2) is 78.9 Å². The number of nitrogen functional groups attached to an aromatic ring is 1. The third-order valence-electron chi connectivity index (χ3n) is 5.85. The predicted octanol–water partition coefficient (Wildman–Crippen LogP) is 4.92. The topological polar surface area (TPSA) is 132 Å². The van der Waals surface area contributed by atoms with Crippen molar-refractivity contribution in [2.24, 2.45) is 0 Å². The number of hydrogen-bond donors (Lipinski definition) is 1. The Morgan fingerprint density at radius 3 is 2.24 bits per heavy atom. The van der Waals surface area contributed by atoms with E-state index < -0.39 is 16.8 Å². The molecule has 10 heteroatoms. The minimum absolute atomic E-state index is 0.0286. The second-order valence-electron chi connectivity index (χ2n) is 8.15. The van der Waals surface area contributed by atoms with E-state index in [1.807, 2.05) is 30.3 Å². The Labute approximate surface area is 213 Å². The monoisotopic (exact) mass is 502 g/mol. The van der Waals surface area contributed by atoms with Gasteiger partial charge in [-0.2, -0.15) is 0 Å². The van der Waals surface area contributed by atoms with Crippen LogP contribution in [0.2, 0.25) is 0 Å². The Kier molecular flexibility index (Phi) is 7.80. The summed E-state index contributed by atoms with van der Waals surface area (Å²) in [5.41, 5.74) is 1.78. The lowest BCUT2D eigenvalue weighted by molar-refractivity contribution is -0.384. The van der Waals surface area contributed by atoms with Gasteiger partial charge in [0.15, 0.2) is 5.69 Å². The molecule has 2 N–H and O–H groups in total. The number of aromatic nitrogens is 2. The van der Waals surface area contributed by atoms with Crippen LogP contribution in [0.25, 0.3) is 11.3 Å². The third kappa shape index (κ3) is 5.60. The number of nitro groups is 1. The number of methoxy groups -OCH3 is 2. The zero-order valence-electron chi connectivity index (χ0n) is 20.4. The summed E-state index contributed by atoms with van der Waals surface area (Å²) >= 11 is 0. The third-order valence-corrected chi connectivity index (χ3v) is 5.85. The summed E-state index contributed by atoms with van der Waals surface area (Å²) in [5, 5.41) is 11.1. The van der Waals surface area contributed by atoms with Gasteiger partial charge in [0.05, 0.1) is 12.0 Å². The molecule has 10 nitrogen and oxygen atoms in total. The van der Waals surface area contributed by atoms with Crippen LogP contribution in [0.3, 0.4) is 0 Å². The molecule has 0 saturated heterocycles. The molecule has 0 radical (unpaired) electrons. The molecule has 37 heavy (non-hydrogen) atoms. The molecule has 0 aliphatic heterocycles. The van der Waals surface area contributed by atoms with Crippen LogP contribution in [0, 0.1) is 10.1 Å². The van der Waals surface area contributed by atoms with E-state index in [1.165, 1.54) is 23.9 Å². The molecule has 0 bridgehead atoms. The first-order valence-electron chi connectivity index (χ1n) is 11.5. The lowest BCUT2D eigenvalue weighted by Gasteiger charge is -2.17. The van der Waals surface area contributed by atoms with E-state index in [9.17, 15) is 14.9 Å². The van der Waals surface area contributed by atoms with Gasteiger partial charge >= 0.3 is 5.97 Å². The van der Waals surface area contributed by atoms with Crippen molar-refractivity contribution >= 4 is 11.7 Å². The fourth-order valence-corrected chi connectivity index (χ4v) is 4.00. The first kappa shape index (κ1) is 25.4. The number of para-hydroxylation sites is 1. The van der Waals surface area contributed by atoms with Gasteiger partial charge in [0, 0.05) is 37.3 Å². The predicted molar refractivity (Wildman–Crippen MR) is 137 cm³/mol. The Bertz CT molecular complexity index is 1370. The van der Waals surface area contributed by atoms with Crippen LogP contribution in [0.1, 0.15) is 34.2 Å². The van der Waals surface area contributed by atoms with E-state index >= 15 is 0 Å². The Hall–Kier alpha value is -4.70. The molecule has 0 fully saturated rings. The van der Waals surface area contributed by atoms with Gasteiger partial charge in [-0.15, -0.1) is 0 Å². The summed E-state index contributed by atoms with van der Waals surface area (Å²) in [6.07, 6.45) is 0.479. The van der Waals surface area contributed by atoms with Gasteiger partial charge in [0.25, 0.3) is 5.69 Å². The summed E-state index contributed by atoms with van der Waals surface area (Å²) in [6.45, 7) is 0.378.